The first-order chi connectivity index (χ1) is 11.5. The zero-order valence-corrected chi connectivity index (χ0v) is 16.0. The molecule has 0 unspecified atom stereocenters. The van der Waals surface area contributed by atoms with Crippen molar-refractivity contribution in [1.29, 1.82) is 0 Å². The van der Waals surface area contributed by atoms with E-state index in [9.17, 15) is 9.59 Å². The molecule has 0 spiro atoms. The number of thiazole rings is 1. The third-order valence-electron chi connectivity index (χ3n) is 3.48. The first kappa shape index (κ1) is 21.1. The SMILES string of the molecule is CCCN(CC(=O)Nc1ccccc1C)C(=O)c1csc(CN)n1.Cl. The van der Waals surface area contributed by atoms with Crippen LogP contribution in [0.1, 0.15) is 34.4 Å². The molecule has 0 atom stereocenters. The van der Waals surface area contributed by atoms with E-state index >= 15 is 0 Å². The number of carbonyl (C=O) groups excluding carboxylic acids is 2. The molecule has 3 N–H and O–H groups in total. The molecule has 1 aromatic heterocycles. The number of rotatable bonds is 7. The highest BCUT2D eigenvalue weighted by atomic mass is 35.5. The Kier molecular flexibility index (Phi) is 8.54. The van der Waals surface area contributed by atoms with E-state index in [4.69, 9.17) is 5.73 Å². The molecule has 1 heterocycles. The average Bonchev–Trinajstić information content (AvgIpc) is 3.05. The number of hydrogen-bond donors (Lipinski definition) is 2. The Hall–Kier alpha value is -1.96. The van der Waals surface area contributed by atoms with E-state index in [0.717, 1.165) is 17.7 Å². The summed E-state index contributed by atoms with van der Waals surface area (Å²) in [5, 5.41) is 5.25. The lowest BCUT2D eigenvalue weighted by Crippen LogP contribution is -2.38. The summed E-state index contributed by atoms with van der Waals surface area (Å²) in [6.45, 7) is 4.69. The first-order valence-corrected chi connectivity index (χ1v) is 8.72. The summed E-state index contributed by atoms with van der Waals surface area (Å²) in [6.07, 6.45) is 0.761. The van der Waals surface area contributed by atoms with Gasteiger partial charge in [0.25, 0.3) is 5.91 Å². The fourth-order valence-corrected chi connectivity index (χ4v) is 2.91. The molecule has 0 fully saturated rings. The predicted octanol–water partition coefficient (Wildman–Crippen LogP) is 2.82. The van der Waals surface area contributed by atoms with Crippen LogP contribution in [0, 0.1) is 6.92 Å². The van der Waals surface area contributed by atoms with Crippen molar-refractivity contribution in [2.24, 2.45) is 5.73 Å². The highest BCUT2D eigenvalue weighted by Crippen LogP contribution is 2.14. The number of anilines is 1. The van der Waals surface area contributed by atoms with Crippen LogP contribution < -0.4 is 11.1 Å². The van der Waals surface area contributed by atoms with Gasteiger partial charge in [0.1, 0.15) is 17.2 Å². The highest BCUT2D eigenvalue weighted by molar-refractivity contribution is 7.09. The van der Waals surface area contributed by atoms with Crippen LogP contribution >= 0.6 is 23.7 Å². The fourth-order valence-electron chi connectivity index (χ4n) is 2.26. The van der Waals surface area contributed by atoms with Gasteiger partial charge in [-0.05, 0) is 25.0 Å². The molecule has 0 aliphatic rings. The second-order valence-electron chi connectivity index (χ2n) is 5.42. The summed E-state index contributed by atoms with van der Waals surface area (Å²) in [7, 11) is 0. The van der Waals surface area contributed by atoms with E-state index in [1.165, 1.54) is 16.2 Å². The Morgan fingerprint density at radius 1 is 1.32 bits per heavy atom. The van der Waals surface area contributed by atoms with E-state index < -0.39 is 0 Å². The van der Waals surface area contributed by atoms with E-state index in [2.05, 4.69) is 10.3 Å². The van der Waals surface area contributed by atoms with Crippen LogP contribution in [0.5, 0.6) is 0 Å². The Morgan fingerprint density at radius 2 is 2.04 bits per heavy atom. The summed E-state index contributed by atoms with van der Waals surface area (Å²) >= 11 is 1.35. The molecular weight excluding hydrogens is 360 g/mol. The van der Waals surface area contributed by atoms with E-state index in [1.807, 2.05) is 38.1 Å². The van der Waals surface area contributed by atoms with Crippen LogP contribution in [0.3, 0.4) is 0 Å². The maximum Gasteiger partial charge on any atom is 0.273 e. The molecule has 2 rings (SSSR count). The molecule has 6 nitrogen and oxygen atoms in total. The van der Waals surface area contributed by atoms with Gasteiger partial charge in [-0.1, -0.05) is 25.1 Å². The van der Waals surface area contributed by atoms with Crippen LogP contribution in [0.4, 0.5) is 5.69 Å². The third kappa shape index (κ3) is 5.81. The van der Waals surface area contributed by atoms with Crippen molar-refractivity contribution in [2.75, 3.05) is 18.4 Å². The Bertz CT molecular complexity index is 720. The van der Waals surface area contributed by atoms with Crippen LogP contribution in [0.15, 0.2) is 29.6 Å². The lowest BCUT2D eigenvalue weighted by Gasteiger charge is -2.21. The molecule has 8 heteroatoms. The zero-order valence-electron chi connectivity index (χ0n) is 14.3. The predicted molar refractivity (Wildman–Crippen MR) is 103 cm³/mol. The van der Waals surface area contributed by atoms with Gasteiger partial charge in [-0.25, -0.2) is 4.98 Å². The summed E-state index contributed by atoms with van der Waals surface area (Å²) < 4.78 is 0. The van der Waals surface area contributed by atoms with Crippen LogP contribution in [0.2, 0.25) is 0 Å². The summed E-state index contributed by atoms with van der Waals surface area (Å²) in [5.41, 5.74) is 7.62. The van der Waals surface area contributed by atoms with Crippen LogP contribution in [0.25, 0.3) is 0 Å². The molecule has 2 aromatic rings. The molecule has 2 amide bonds. The van der Waals surface area contributed by atoms with Gasteiger partial charge in [-0.3, -0.25) is 9.59 Å². The number of carbonyl (C=O) groups is 2. The minimum Gasteiger partial charge on any atom is -0.328 e. The van der Waals surface area contributed by atoms with Crippen molar-refractivity contribution >= 4 is 41.2 Å². The summed E-state index contributed by atoms with van der Waals surface area (Å²) in [5.74, 6) is -0.465. The zero-order chi connectivity index (χ0) is 17.5. The monoisotopic (exact) mass is 382 g/mol. The van der Waals surface area contributed by atoms with Gasteiger partial charge in [-0.15, -0.1) is 23.7 Å². The normalized spacial score (nSPS) is 10.0. The smallest absolute Gasteiger partial charge is 0.273 e. The second-order valence-corrected chi connectivity index (χ2v) is 6.36. The number of nitrogens with one attached hydrogen (secondary N) is 1. The van der Waals surface area contributed by atoms with E-state index in [-0.39, 0.29) is 30.8 Å². The molecule has 136 valence electrons. The van der Waals surface area contributed by atoms with Crippen molar-refractivity contribution in [2.45, 2.75) is 26.8 Å². The number of halogens is 1. The van der Waals surface area contributed by atoms with Crippen LogP contribution in [-0.2, 0) is 11.3 Å². The molecule has 0 saturated carbocycles. The standard InChI is InChI=1S/C17H22N4O2S.ClH/c1-3-8-21(17(23)14-11-24-16(9-18)20-14)10-15(22)19-13-7-5-4-6-12(13)2;/h4-7,11H,3,8-10,18H2,1-2H3,(H,19,22);1H. The fraction of sp³-hybridized carbons (Fsp3) is 0.353. The van der Waals surface area contributed by atoms with Gasteiger partial charge in [0.2, 0.25) is 5.91 Å². The second kappa shape index (κ2) is 10.1. The number of nitrogens with zero attached hydrogens (tertiary/aromatic N) is 2. The number of benzene rings is 1. The largest absolute Gasteiger partial charge is 0.328 e. The van der Waals surface area contributed by atoms with Crippen molar-refractivity contribution < 1.29 is 9.59 Å². The number of amides is 2. The van der Waals surface area contributed by atoms with Gasteiger partial charge >= 0.3 is 0 Å². The van der Waals surface area contributed by atoms with Gasteiger partial charge in [0.15, 0.2) is 0 Å². The Balaban J connectivity index is 0.00000312. The third-order valence-corrected chi connectivity index (χ3v) is 4.35. The van der Waals surface area contributed by atoms with Gasteiger partial charge < -0.3 is 16.0 Å². The van der Waals surface area contributed by atoms with Crippen molar-refractivity contribution in [1.82, 2.24) is 9.88 Å². The number of nitrogens with two attached hydrogens (primary N) is 1. The van der Waals surface area contributed by atoms with Gasteiger partial charge in [0.05, 0.1) is 0 Å². The number of aryl methyl sites for hydroxylation is 1. The highest BCUT2D eigenvalue weighted by Gasteiger charge is 2.20. The maximum absolute atomic E-state index is 12.6. The van der Waals surface area contributed by atoms with Crippen molar-refractivity contribution in [3.05, 3.63) is 45.9 Å². The molecule has 0 bridgehead atoms. The lowest BCUT2D eigenvalue weighted by atomic mass is 10.2. The topological polar surface area (TPSA) is 88.3 Å². The number of hydrogen-bond acceptors (Lipinski definition) is 5. The van der Waals surface area contributed by atoms with E-state index in [0.29, 0.717) is 23.8 Å². The maximum atomic E-state index is 12.6. The molecule has 1 aromatic carbocycles. The lowest BCUT2D eigenvalue weighted by molar-refractivity contribution is -0.116. The van der Waals surface area contributed by atoms with Crippen molar-refractivity contribution in [3.8, 4) is 0 Å². The Morgan fingerprint density at radius 3 is 2.64 bits per heavy atom. The van der Waals surface area contributed by atoms with Gasteiger partial charge in [0, 0.05) is 24.2 Å². The molecule has 25 heavy (non-hydrogen) atoms. The van der Waals surface area contributed by atoms with Gasteiger partial charge in [-0.2, -0.15) is 0 Å². The number of para-hydroxylation sites is 1. The van der Waals surface area contributed by atoms with E-state index in [1.54, 1.807) is 5.38 Å². The minimum atomic E-state index is -0.243. The van der Waals surface area contributed by atoms with Crippen molar-refractivity contribution in [3.63, 3.8) is 0 Å². The number of aromatic nitrogens is 1. The molecular formula is C17H23ClN4O2S. The molecule has 0 aliphatic heterocycles. The molecule has 0 saturated heterocycles. The molecule has 0 radical (unpaired) electrons. The quantitative estimate of drug-likeness (QED) is 0.770. The minimum absolute atomic E-state index is 0. The van der Waals surface area contributed by atoms with Crippen LogP contribution in [-0.4, -0.2) is 34.8 Å². The first-order valence-electron chi connectivity index (χ1n) is 7.84. The average molecular weight is 383 g/mol. The summed E-state index contributed by atoms with van der Waals surface area (Å²) in [6, 6.07) is 7.54. The summed E-state index contributed by atoms with van der Waals surface area (Å²) in [4.78, 5) is 30.6. The molecule has 0 aliphatic carbocycles. The Labute approximate surface area is 157 Å².